The Bertz CT molecular complexity index is 694. The average molecular weight is 326 g/mol. The van der Waals surface area contributed by atoms with E-state index >= 15 is 0 Å². The Morgan fingerprint density at radius 3 is 2.92 bits per heavy atom. The zero-order chi connectivity index (χ0) is 16.4. The number of rotatable bonds is 5. The summed E-state index contributed by atoms with van der Waals surface area (Å²) in [5.74, 6) is 2.24. The Kier molecular flexibility index (Phi) is 4.28. The first-order valence-corrected chi connectivity index (χ1v) is 8.78. The van der Waals surface area contributed by atoms with Crippen LogP contribution < -0.4 is 0 Å². The van der Waals surface area contributed by atoms with Gasteiger partial charge in [-0.3, -0.25) is 9.78 Å². The molecule has 2 aromatic heterocycles. The number of amides is 1. The van der Waals surface area contributed by atoms with Crippen LogP contribution in [-0.2, 0) is 17.8 Å². The molecule has 2 aromatic rings. The minimum Gasteiger partial charge on any atom is -0.339 e. The second-order valence-electron chi connectivity index (χ2n) is 6.90. The minimum absolute atomic E-state index is 0.00559. The molecule has 1 aliphatic carbocycles. The van der Waals surface area contributed by atoms with Crippen LogP contribution in [0.4, 0.5) is 0 Å². The van der Waals surface area contributed by atoms with Crippen molar-refractivity contribution in [2.45, 2.75) is 51.0 Å². The van der Waals surface area contributed by atoms with Gasteiger partial charge in [-0.15, -0.1) is 0 Å². The molecule has 2 aliphatic rings. The van der Waals surface area contributed by atoms with E-state index in [1.807, 2.05) is 23.1 Å². The largest absolute Gasteiger partial charge is 0.339 e. The maximum Gasteiger partial charge on any atom is 0.232 e. The van der Waals surface area contributed by atoms with Gasteiger partial charge in [-0.05, 0) is 18.1 Å². The summed E-state index contributed by atoms with van der Waals surface area (Å²) >= 11 is 0. The third-order valence-corrected chi connectivity index (χ3v) is 5.07. The van der Waals surface area contributed by atoms with Crippen LogP contribution in [-0.4, -0.2) is 32.5 Å². The first-order valence-electron chi connectivity index (χ1n) is 8.78. The molecule has 0 N–H and O–H groups in total. The summed E-state index contributed by atoms with van der Waals surface area (Å²) < 4.78 is 5.45. The van der Waals surface area contributed by atoms with E-state index in [-0.39, 0.29) is 11.8 Å². The van der Waals surface area contributed by atoms with Gasteiger partial charge in [0.25, 0.3) is 0 Å². The second-order valence-corrected chi connectivity index (χ2v) is 6.90. The van der Waals surface area contributed by atoms with Crippen LogP contribution in [0.5, 0.6) is 0 Å². The lowest BCUT2D eigenvalue weighted by Crippen LogP contribution is -2.24. The molecule has 4 rings (SSSR count). The Morgan fingerprint density at radius 1 is 1.25 bits per heavy atom. The van der Waals surface area contributed by atoms with Crippen molar-refractivity contribution in [1.82, 2.24) is 20.0 Å². The zero-order valence-electron chi connectivity index (χ0n) is 13.7. The number of carbonyl (C=O) groups is 1. The lowest BCUT2D eigenvalue weighted by molar-refractivity contribution is -0.128. The Hall–Kier alpha value is -2.24. The molecule has 3 heterocycles. The summed E-state index contributed by atoms with van der Waals surface area (Å²) in [5, 5.41) is 4.13. The molecule has 0 bridgehead atoms. The normalized spacial score (nSPS) is 21.8. The quantitative estimate of drug-likeness (QED) is 0.845. The lowest BCUT2D eigenvalue weighted by atomic mass is 10.0. The summed E-state index contributed by atoms with van der Waals surface area (Å²) in [4.78, 5) is 22.9. The molecule has 1 saturated carbocycles. The maximum absolute atomic E-state index is 12.3. The standard InChI is InChI=1S/C18H22N4O2/c23-17-10-14(11-22(17)12-15-7-3-4-8-19-15)18-20-16(21-24-18)9-13-5-1-2-6-13/h3-4,7-8,13-14H,1-2,5-6,9-12H2. The Balaban J connectivity index is 1.38. The highest BCUT2D eigenvalue weighted by Gasteiger charge is 2.34. The predicted octanol–water partition coefficient (Wildman–Crippen LogP) is 2.71. The topological polar surface area (TPSA) is 72.1 Å². The fraction of sp³-hybridized carbons (Fsp3) is 0.556. The van der Waals surface area contributed by atoms with Crippen molar-refractivity contribution in [3.8, 4) is 0 Å². The third-order valence-electron chi connectivity index (χ3n) is 5.07. The van der Waals surface area contributed by atoms with Gasteiger partial charge in [0.2, 0.25) is 11.8 Å². The van der Waals surface area contributed by atoms with E-state index in [0.717, 1.165) is 17.9 Å². The van der Waals surface area contributed by atoms with Crippen LogP contribution in [0, 0.1) is 5.92 Å². The van der Waals surface area contributed by atoms with Crippen molar-refractivity contribution >= 4 is 5.91 Å². The van der Waals surface area contributed by atoms with E-state index in [1.54, 1.807) is 6.20 Å². The average Bonchev–Trinajstić information content (AvgIpc) is 3.32. The molecule has 6 nitrogen and oxygen atoms in total. The SMILES string of the molecule is O=C1CC(c2nc(CC3CCCC3)no2)CN1Cc1ccccn1. The second kappa shape index (κ2) is 6.71. The molecule has 24 heavy (non-hydrogen) atoms. The summed E-state index contributed by atoms with van der Waals surface area (Å²) in [5.41, 5.74) is 0.902. The molecular weight excluding hydrogens is 304 g/mol. The van der Waals surface area contributed by atoms with Gasteiger partial charge in [-0.2, -0.15) is 4.98 Å². The van der Waals surface area contributed by atoms with E-state index in [2.05, 4.69) is 15.1 Å². The zero-order valence-corrected chi connectivity index (χ0v) is 13.7. The number of hydrogen-bond donors (Lipinski definition) is 0. The summed E-state index contributed by atoms with van der Waals surface area (Å²) in [6, 6.07) is 5.75. The van der Waals surface area contributed by atoms with Gasteiger partial charge in [0.05, 0.1) is 18.2 Å². The fourth-order valence-electron chi connectivity index (χ4n) is 3.77. The van der Waals surface area contributed by atoms with Gasteiger partial charge >= 0.3 is 0 Å². The molecule has 6 heteroatoms. The number of hydrogen-bond acceptors (Lipinski definition) is 5. The van der Waals surface area contributed by atoms with Crippen molar-refractivity contribution in [1.29, 1.82) is 0 Å². The van der Waals surface area contributed by atoms with Crippen LogP contribution >= 0.6 is 0 Å². The number of carbonyl (C=O) groups excluding carboxylic acids is 1. The highest BCUT2D eigenvalue weighted by atomic mass is 16.5. The molecule has 1 unspecified atom stereocenters. The van der Waals surface area contributed by atoms with E-state index in [0.29, 0.717) is 31.3 Å². The number of aromatic nitrogens is 3. The van der Waals surface area contributed by atoms with Crippen LogP contribution in [0.3, 0.4) is 0 Å². The molecule has 1 atom stereocenters. The summed E-state index contributed by atoms with van der Waals surface area (Å²) in [6.07, 6.45) is 8.26. The molecule has 1 amide bonds. The van der Waals surface area contributed by atoms with Gasteiger partial charge in [-0.1, -0.05) is 36.9 Å². The third kappa shape index (κ3) is 3.32. The highest BCUT2D eigenvalue weighted by molar-refractivity contribution is 5.79. The van der Waals surface area contributed by atoms with Gasteiger partial charge in [0.1, 0.15) is 0 Å². The van der Waals surface area contributed by atoms with Gasteiger partial charge < -0.3 is 9.42 Å². The fourth-order valence-corrected chi connectivity index (χ4v) is 3.77. The van der Waals surface area contributed by atoms with Gasteiger partial charge in [0.15, 0.2) is 5.82 Å². The number of likely N-dealkylation sites (tertiary alicyclic amines) is 1. The molecule has 0 spiro atoms. The maximum atomic E-state index is 12.3. The number of nitrogens with zero attached hydrogens (tertiary/aromatic N) is 4. The van der Waals surface area contributed by atoms with E-state index in [4.69, 9.17) is 4.52 Å². The van der Waals surface area contributed by atoms with Crippen molar-refractivity contribution in [2.75, 3.05) is 6.54 Å². The molecule has 1 aliphatic heterocycles. The minimum atomic E-state index is 0.00559. The van der Waals surface area contributed by atoms with Crippen molar-refractivity contribution in [3.63, 3.8) is 0 Å². The van der Waals surface area contributed by atoms with Crippen molar-refractivity contribution in [2.24, 2.45) is 5.92 Å². The molecule has 126 valence electrons. The van der Waals surface area contributed by atoms with Crippen molar-refractivity contribution in [3.05, 3.63) is 41.8 Å². The smallest absolute Gasteiger partial charge is 0.232 e. The molecular formula is C18H22N4O2. The Labute approximate surface area is 141 Å². The first-order chi connectivity index (χ1) is 11.8. The van der Waals surface area contributed by atoms with Crippen LogP contribution in [0.2, 0.25) is 0 Å². The van der Waals surface area contributed by atoms with Crippen molar-refractivity contribution < 1.29 is 9.32 Å². The van der Waals surface area contributed by atoms with Gasteiger partial charge in [-0.25, -0.2) is 0 Å². The monoisotopic (exact) mass is 326 g/mol. The highest BCUT2D eigenvalue weighted by Crippen LogP contribution is 2.30. The van der Waals surface area contributed by atoms with Crippen LogP contribution in [0.25, 0.3) is 0 Å². The molecule has 1 saturated heterocycles. The predicted molar refractivity (Wildman–Crippen MR) is 87.0 cm³/mol. The van der Waals surface area contributed by atoms with E-state index in [1.165, 1.54) is 25.7 Å². The molecule has 0 aromatic carbocycles. The van der Waals surface area contributed by atoms with E-state index < -0.39 is 0 Å². The summed E-state index contributed by atoms with van der Waals surface area (Å²) in [7, 11) is 0. The van der Waals surface area contributed by atoms with Crippen LogP contribution in [0.15, 0.2) is 28.9 Å². The molecule has 0 radical (unpaired) electrons. The summed E-state index contributed by atoms with van der Waals surface area (Å²) in [6.45, 7) is 1.17. The van der Waals surface area contributed by atoms with E-state index in [9.17, 15) is 4.79 Å². The Morgan fingerprint density at radius 2 is 2.12 bits per heavy atom. The van der Waals surface area contributed by atoms with Crippen LogP contribution in [0.1, 0.15) is 55.4 Å². The first kappa shape index (κ1) is 15.3. The molecule has 2 fully saturated rings. The lowest BCUT2D eigenvalue weighted by Gasteiger charge is -2.15. The van der Waals surface area contributed by atoms with Gasteiger partial charge in [0, 0.05) is 25.6 Å². The number of pyridine rings is 1.